The molecule has 0 radical (unpaired) electrons. The van der Waals surface area contributed by atoms with Gasteiger partial charge >= 0.3 is 0 Å². The number of aryl methyl sites for hydroxylation is 1. The number of fused-ring (bicyclic) bond motifs is 1. The minimum Gasteiger partial charge on any atom is -0.349 e. The molecule has 0 bridgehead atoms. The van der Waals surface area contributed by atoms with Gasteiger partial charge in [0.2, 0.25) is 0 Å². The molecule has 0 spiro atoms. The van der Waals surface area contributed by atoms with Crippen LogP contribution in [0.3, 0.4) is 0 Å². The fourth-order valence-electron chi connectivity index (χ4n) is 3.88. The molecule has 2 aromatic carbocycles. The van der Waals surface area contributed by atoms with Gasteiger partial charge in [0.1, 0.15) is 17.5 Å². The van der Waals surface area contributed by atoms with Crippen LogP contribution in [0.5, 0.6) is 0 Å². The zero-order chi connectivity index (χ0) is 19.0. The molecule has 3 aromatic rings. The number of anilines is 1. The van der Waals surface area contributed by atoms with E-state index >= 15 is 0 Å². The first-order valence-corrected chi connectivity index (χ1v) is 9.46. The summed E-state index contributed by atoms with van der Waals surface area (Å²) in [5, 5.41) is 0. The molecular weight excluding hydrogens is 337 g/mol. The number of halogens is 1. The van der Waals surface area contributed by atoms with Gasteiger partial charge in [0.25, 0.3) is 0 Å². The lowest BCUT2D eigenvalue weighted by Crippen LogP contribution is -2.35. The Morgan fingerprint density at radius 3 is 2.56 bits per heavy atom. The Hall–Kier alpha value is -2.75. The SMILES string of the molecule is Cc1nc(Cc2ccc(F)cc2)nc(N2CCc3ccccc3[C@@H]2C)c1C. The molecule has 0 unspecified atom stereocenters. The maximum absolute atomic E-state index is 13.2. The van der Waals surface area contributed by atoms with E-state index in [9.17, 15) is 4.39 Å². The van der Waals surface area contributed by atoms with Crippen molar-refractivity contribution < 1.29 is 4.39 Å². The summed E-state index contributed by atoms with van der Waals surface area (Å²) in [5.41, 5.74) is 5.95. The third-order valence-electron chi connectivity index (χ3n) is 5.55. The number of rotatable bonds is 3. The molecule has 0 fully saturated rings. The van der Waals surface area contributed by atoms with E-state index < -0.39 is 0 Å². The summed E-state index contributed by atoms with van der Waals surface area (Å²) in [7, 11) is 0. The van der Waals surface area contributed by atoms with Crippen molar-refractivity contribution in [2.75, 3.05) is 11.4 Å². The van der Waals surface area contributed by atoms with E-state index in [4.69, 9.17) is 4.98 Å². The smallest absolute Gasteiger partial charge is 0.136 e. The van der Waals surface area contributed by atoms with Crippen molar-refractivity contribution in [3.05, 3.63) is 88.1 Å². The summed E-state index contributed by atoms with van der Waals surface area (Å²) in [5.74, 6) is 1.58. The average molecular weight is 361 g/mol. The number of nitrogens with zero attached hydrogens (tertiary/aromatic N) is 3. The van der Waals surface area contributed by atoms with Crippen LogP contribution in [0, 0.1) is 19.7 Å². The minimum atomic E-state index is -0.221. The molecule has 0 amide bonds. The molecule has 1 aromatic heterocycles. The molecule has 1 aliphatic rings. The molecular formula is C23H24FN3. The van der Waals surface area contributed by atoms with Crippen LogP contribution in [0.1, 0.15) is 46.7 Å². The standard InChI is InChI=1S/C23H24FN3/c1-15-16(2)25-22(14-18-8-10-20(24)11-9-18)26-23(15)27-13-12-19-6-4-5-7-21(19)17(27)3/h4-11,17H,12-14H2,1-3H3/t17-/m0/s1. The Morgan fingerprint density at radius 1 is 1.04 bits per heavy atom. The van der Waals surface area contributed by atoms with E-state index in [-0.39, 0.29) is 11.9 Å². The fraction of sp³-hybridized carbons (Fsp3) is 0.304. The van der Waals surface area contributed by atoms with E-state index in [0.29, 0.717) is 6.42 Å². The van der Waals surface area contributed by atoms with Crippen molar-refractivity contribution in [1.82, 2.24) is 9.97 Å². The molecule has 0 aliphatic carbocycles. The molecule has 0 saturated heterocycles. The predicted molar refractivity (Wildman–Crippen MR) is 107 cm³/mol. The summed E-state index contributed by atoms with van der Waals surface area (Å²) >= 11 is 0. The predicted octanol–water partition coefficient (Wildman–Crippen LogP) is 4.95. The van der Waals surface area contributed by atoms with Crippen molar-refractivity contribution in [2.24, 2.45) is 0 Å². The third kappa shape index (κ3) is 3.44. The lowest BCUT2D eigenvalue weighted by atomic mass is 9.93. The van der Waals surface area contributed by atoms with E-state index in [0.717, 1.165) is 41.4 Å². The van der Waals surface area contributed by atoms with Crippen LogP contribution >= 0.6 is 0 Å². The summed E-state index contributed by atoms with van der Waals surface area (Å²) in [6, 6.07) is 15.5. The number of hydrogen-bond acceptors (Lipinski definition) is 3. The van der Waals surface area contributed by atoms with Crippen LogP contribution in [-0.4, -0.2) is 16.5 Å². The van der Waals surface area contributed by atoms with E-state index in [1.165, 1.54) is 23.3 Å². The average Bonchev–Trinajstić information content (AvgIpc) is 2.67. The summed E-state index contributed by atoms with van der Waals surface area (Å²) in [6.07, 6.45) is 1.63. The summed E-state index contributed by atoms with van der Waals surface area (Å²) < 4.78 is 13.2. The topological polar surface area (TPSA) is 29.0 Å². The van der Waals surface area contributed by atoms with Crippen molar-refractivity contribution in [1.29, 1.82) is 0 Å². The minimum absolute atomic E-state index is 0.221. The number of hydrogen-bond donors (Lipinski definition) is 0. The largest absolute Gasteiger partial charge is 0.349 e. The van der Waals surface area contributed by atoms with Gasteiger partial charge in [-0.3, -0.25) is 0 Å². The molecule has 1 atom stereocenters. The molecule has 3 nitrogen and oxygen atoms in total. The van der Waals surface area contributed by atoms with Gasteiger partial charge in [-0.1, -0.05) is 36.4 Å². The zero-order valence-corrected chi connectivity index (χ0v) is 16.0. The molecule has 0 N–H and O–H groups in total. The molecule has 1 aliphatic heterocycles. The highest BCUT2D eigenvalue weighted by molar-refractivity contribution is 5.53. The Morgan fingerprint density at radius 2 is 1.78 bits per heavy atom. The molecule has 4 heteroatoms. The number of benzene rings is 2. The highest BCUT2D eigenvalue weighted by atomic mass is 19.1. The Bertz CT molecular complexity index is 966. The summed E-state index contributed by atoms with van der Waals surface area (Å²) in [6.45, 7) is 7.33. The second-order valence-corrected chi connectivity index (χ2v) is 7.30. The fourth-order valence-corrected chi connectivity index (χ4v) is 3.88. The lowest BCUT2D eigenvalue weighted by Gasteiger charge is -2.37. The lowest BCUT2D eigenvalue weighted by molar-refractivity contribution is 0.611. The van der Waals surface area contributed by atoms with Crippen LogP contribution in [0.2, 0.25) is 0 Å². The molecule has 2 heterocycles. The second kappa shape index (κ2) is 7.10. The highest BCUT2D eigenvalue weighted by Crippen LogP contribution is 2.34. The molecule has 27 heavy (non-hydrogen) atoms. The van der Waals surface area contributed by atoms with Gasteiger partial charge in [-0.05, 0) is 56.0 Å². The van der Waals surface area contributed by atoms with Gasteiger partial charge < -0.3 is 4.90 Å². The van der Waals surface area contributed by atoms with Crippen LogP contribution in [0.4, 0.5) is 10.2 Å². The van der Waals surface area contributed by atoms with E-state index in [1.54, 1.807) is 12.1 Å². The van der Waals surface area contributed by atoms with Crippen molar-refractivity contribution in [2.45, 2.75) is 39.7 Å². The molecule has 0 saturated carbocycles. The van der Waals surface area contributed by atoms with Gasteiger partial charge in [-0.25, -0.2) is 14.4 Å². The monoisotopic (exact) mass is 361 g/mol. The quantitative estimate of drug-likeness (QED) is 0.661. The number of aromatic nitrogens is 2. The van der Waals surface area contributed by atoms with Gasteiger partial charge in [0, 0.05) is 24.2 Å². The van der Waals surface area contributed by atoms with Crippen molar-refractivity contribution >= 4 is 5.82 Å². The highest BCUT2D eigenvalue weighted by Gasteiger charge is 2.26. The van der Waals surface area contributed by atoms with E-state index in [1.807, 2.05) is 6.92 Å². The first kappa shape index (κ1) is 17.7. The maximum atomic E-state index is 13.2. The molecule has 4 rings (SSSR count). The first-order chi connectivity index (χ1) is 13.0. The van der Waals surface area contributed by atoms with Gasteiger partial charge in [0.15, 0.2) is 0 Å². The van der Waals surface area contributed by atoms with Gasteiger partial charge in [-0.15, -0.1) is 0 Å². The van der Waals surface area contributed by atoms with Crippen LogP contribution in [0.25, 0.3) is 0 Å². The van der Waals surface area contributed by atoms with Gasteiger partial charge in [0.05, 0.1) is 6.04 Å². The zero-order valence-electron chi connectivity index (χ0n) is 16.0. The maximum Gasteiger partial charge on any atom is 0.136 e. The van der Waals surface area contributed by atoms with Crippen LogP contribution < -0.4 is 4.90 Å². The normalized spacial score (nSPS) is 16.3. The first-order valence-electron chi connectivity index (χ1n) is 9.46. The van der Waals surface area contributed by atoms with Crippen molar-refractivity contribution in [3.8, 4) is 0 Å². The van der Waals surface area contributed by atoms with Gasteiger partial charge in [-0.2, -0.15) is 0 Å². The van der Waals surface area contributed by atoms with Crippen LogP contribution in [0.15, 0.2) is 48.5 Å². The Balaban J connectivity index is 1.68. The third-order valence-corrected chi connectivity index (χ3v) is 5.55. The second-order valence-electron chi connectivity index (χ2n) is 7.30. The molecule has 138 valence electrons. The Labute approximate surface area is 159 Å². The van der Waals surface area contributed by atoms with Crippen molar-refractivity contribution in [3.63, 3.8) is 0 Å². The summed E-state index contributed by atoms with van der Waals surface area (Å²) in [4.78, 5) is 12.0. The van der Waals surface area contributed by atoms with Crippen LogP contribution in [-0.2, 0) is 12.8 Å². The van der Waals surface area contributed by atoms with E-state index in [2.05, 4.69) is 48.0 Å². The Kier molecular flexibility index (Phi) is 4.65.